The first-order chi connectivity index (χ1) is 9.72. The van der Waals surface area contributed by atoms with Crippen LogP contribution in [0.3, 0.4) is 0 Å². The van der Waals surface area contributed by atoms with Crippen molar-refractivity contribution in [2.75, 3.05) is 5.73 Å². The van der Waals surface area contributed by atoms with Gasteiger partial charge in [-0.2, -0.15) is 0 Å². The average Bonchev–Trinajstić information content (AvgIpc) is 2.47. The Morgan fingerprint density at radius 1 is 1.05 bits per heavy atom. The molecular formula is C16H13N3O. The molecule has 0 radical (unpaired) electrons. The summed E-state index contributed by atoms with van der Waals surface area (Å²) < 4.78 is 0. The van der Waals surface area contributed by atoms with Gasteiger partial charge < -0.3 is 5.73 Å². The van der Waals surface area contributed by atoms with Crippen LogP contribution in [0.2, 0.25) is 0 Å². The lowest BCUT2D eigenvalue weighted by atomic mass is 10.0. The molecule has 4 heteroatoms. The van der Waals surface area contributed by atoms with E-state index in [1.165, 1.54) is 0 Å². The summed E-state index contributed by atoms with van der Waals surface area (Å²) in [5, 5.41) is 0.965. The summed E-state index contributed by atoms with van der Waals surface area (Å²) in [5.41, 5.74) is 8.05. The lowest BCUT2D eigenvalue weighted by Gasteiger charge is -2.04. The molecule has 0 unspecified atom stereocenters. The van der Waals surface area contributed by atoms with E-state index in [1.54, 1.807) is 24.5 Å². The molecular weight excluding hydrogens is 250 g/mol. The first-order valence-electron chi connectivity index (χ1n) is 6.31. The Labute approximate surface area is 116 Å². The Morgan fingerprint density at radius 3 is 2.80 bits per heavy atom. The number of nitrogens with two attached hydrogens (primary N) is 1. The van der Waals surface area contributed by atoms with E-state index in [1.807, 2.05) is 30.3 Å². The van der Waals surface area contributed by atoms with E-state index in [4.69, 9.17) is 5.73 Å². The summed E-state index contributed by atoms with van der Waals surface area (Å²) in [6.45, 7) is 0. The standard InChI is InChI=1S/C16H13N3O/c17-16-9-11(5-7-19-16)8-15(20)13-3-4-14-12(10-13)2-1-6-18-14/h1-7,9-10H,8H2,(H2,17,19). The van der Waals surface area contributed by atoms with Gasteiger partial charge in [0.2, 0.25) is 0 Å². The lowest BCUT2D eigenvalue weighted by Crippen LogP contribution is -2.04. The molecule has 0 bridgehead atoms. The predicted molar refractivity (Wildman–Crippen MR) is 78.4 cm³/mol. The first kappa shape index (κ1) is 12.3. The number of nitrogens with zero attached hydrogens (tertiary/aromatic N) is 2. The quantitative estimate of drug-likeness (QED) is 0.737. The van der Waals surface area contributed by atoms with Crippen molar-refractivity contribution >= 4 is 22.5 Å². The van der Waals surface area contributed by atoms with Crippen molar-refractivity contribution in [1.82, 2.24) is 9.97 Å². The Hall–Kier alpha value is -2.75. The number of anilines is 1. The van der Waals surface area contributed by atoms with Gasteiger partial charge in [-0.05, 0) is 42.0 Å². The van der Waals surface area contributed by atoms with Crippen molar-refractivity contribution < 1.29 is 4.79 Å². The van der Waals surface area contributed by atoms with Gasteiger partial charge in [0.05, 0.1) is 5.52 Å². The fourth-order valence-corrected chi connectivity index (χ4v) is 2.14. The van der Waals surface area contributed by atoms with Crippen molar-refractivity contribution in [3.63, 3.8) is 0 Å². The molecule has 1 aromatic carbocycles. The third kappa shape index (κ3) is 2.49. The summed E-state index contributed by atoms with van der Waals surface area (Å²) in [5.74, 6) is 0.486. The molecule has 2 aromatic heterocycles. The monoisotopic (exact) mass is 263 g/mol. The van der Waals surface area contributed by atoms with E-state index >= 15 is 0 Å². The first-order valence-corrected chi connectivity index (χ1v) is 6.31. The molecule has 3 aromatic rings. The van der Waals surface area contributed by atoms with Crippen molar-refractivity contribution in [1.29, 1.82) is 0 Å². The number of carbonyl (C=O) groups excluding carboxylic acids is 1. The van der Waals surface area contributed by atoms with E-state index in [0.29, 0.717) is 17.8 Å². The van der Waals surface area contributed by atoms with Gasteiger partial charge in [-0.1, -0.05) is 6.07 Å². The Kier molecular flexibility index (Phi) is 3.13. The molecule has 98 valence electrons. The molecule has 2 N–H and O–H groups in total. The van der Waals surface area contributed by atoms with E-state index in [9.17, 15) is 4.79 Å². The van der Waals surface area contributed by atoms with Crippen LogP contribution in [-0.2, 0) is 6.42 Å². The van der Waals surface area contributed by atoms with Crippen LogP contribution >= 0.6 is 0 Å². The number of pyridine rings is 2. The van der Waals surface area contributed by atoms with Crippen LogP contribution in [0.25, 0.3) is 10.9 Å². The molecule has 4 nitrogen and oxygen atoms in total. The van der Waals surface area contributed by atoms with Gasteiger partial charge in [-0.15, -0.1) is 0 Å². The number of hydrogen-bond acceptors (Lipinski definition) is 4. The van der Waals surface area contributed by atoms with Crippen molar-refractivity contribution in [2.45, 2.75) is 6.42 Å². The second-order valence-electron chi connectivity index (χ2n) is 4.60. The number of aromatic nitrogens is 2. The zero-order valence-corrected chi connectivity index (χ0v) is 10.8. The Bertz CT molecular complexity index is 783. The van der Waals surface area contributed by atoms with Crippen molar-refractivity contribution in [2.24, 2.45) is 0 Å². The summed E-state index contributed by atoms with van der Waals surface area (Å²) in [4.78, 5) is 20.4. The highest BCUT2D eigenvalue weighted by Crippen LogP contribution is 2.15. The van der Waals surface area contributed by atoms with Gasteiger partial charge in [0.25, 0.3) is 0 Å². The van der Waals surface area contributed by atoms with Gasteiger partial charge >= 0.3 is 0 Å². The van der Waals surface area contributed by atoms with Crippen LogP contribution < -0.4 is 5.73 Å². The van der Waals surface area contributed by atoms with Crippen LogP contribution in [0.15, 0.2) is 54.9 Å². The molecule has 0 aliphatic carbocycles. The van der Waals surface area contributed by atoms with Gasteiger partial charge in [0.1, 0.15) is 5.82 Å². The second kappa shape index (κ2) is 5.09. The minimum atomic E-state index is 0.0568. The molecule has 0 aliphatic rings. The Morgan fingerprint density at radius 2 is 1.95 bits per heavy atom. The molecule has 0 atom stereocenters. The smallest absolute Gasteiger partial charge is 0.167 e. The maximum Gasteiger partial charge on any atom is 0.167 e. The molecule has 2 heterocycles. The summed E-state index contributed by atoms with van der Waals surface area (Å²) in [6.07, 6.45) is 3.67. The normalized spacial score (nSPS) is 10.6. The summed E-state index contributed by atoms with van der Waals surface area (Å²) >= 11 is 0. The topological polar surface area (TPSA) is 68.9 Å². The molecule has 0 aliphatic heterocycles. The van der Waals surface area contributed by atoms with Gasteiger partial charge in [0, 0.05) is 29.8 Å². The Balaban J connectivity index is 1.88. The van der Waals surface area contributed by atoms with Crippen LogP contribution in [0.5, 0.6) is 0 Å². The fraction of sp³-hybridized carbons (Fsp3) is 0.0625. The summed E-state index contributed by atoms with van der Waals surface area (Å²) in [7, 11) is 0. The van der Waals surface area contributed by atoms with Gasteiger partial charge in [-0.25, -0.2) is 4.98 Å². The molecule has 0 fully saturated rings. The number of nitrogen functional groups attached to an aromatic ring is 1. The largest absolute Gasteiger partial charge is 0.384 e. The molecule has 0 spiro atoms. The van der Waals surface area contributed by atoms with Crippen LogP contribution in [0.1, 0.15) is 15.9 Å². The van der Waals surface area contributed by atoms with Crippen LogP contribution in [0.4, 0.5) is 5.82 Å². The maximum atomic E-state index is 12.3. The number of hydrogen-bond donors (Lipinski definition) is 1. The summed E-state index contributed by atoms with van der Waals surface area (Å²) in [6, 6.07) is 12.9. The lowest BCUT2D eigenvalue weighted by molar-refractivity contribution is 0.0993. The third-order valence-corrected chi connectivity index (χ3v) is 3.14. The number of benzene rings is 1. The average molecular weight is 263 g/mol. The van der Waals surface area contributed by atoms with Gasteiger partial charge in [-0.3, -0.25) is 9.78 Å². The molecule has 0 amide bonds. The second-order valence-corrected chi connectivity index (χ2v) is 4.60. The zero-order valence-electron chi connectivity index (χ0n) is 10.8. The minimum absolute atomic E-state index is 0.0568. The highest BCUT2D eigenvalue weighted by Gasteiger charge is 2.08. The van der Waals surface area contributed by atoms with Crippen molar-refractivity contribution in [3.05, 3.63) is 66.0 Å². The molecule has 20 heavy (non-hydrogen) atoms. The SMILES string of the molecule is Nc1cc(CC(=O)c2ccc3ncccc3c2)ccn1. The number of Topliss-reactive ketones (excluding diaryl/α,β-unsaturated/α-hetero) is 1. The molecule has 3 rings (SSSR count). The fourth-order valence-electron chi connectivity index (χ4n) is 2.14. The van der Waals surface area contributed by atoms with Gasteiger partial charge in [0.15, 0.2) is 5.78 Å². The third-order valence-electron chi connectivity index (χ3n) is 3.14. The van der Waals surface area contributed by atoms with E-state index in [2.05, 4.69) is 9.97 Å². The highest BCUT2D eigenvalue weighted by molar-refractivity contribution is 6.00. The van der Waals surface area contributed by atoms with Crippen molar-refractivity contribution in [3.8, 4) is 0 Å². The highest BCUT2D eigenvalue weighted by atomic mass is 16.1. The van der Waals surface area contributed by atoms with E-state index in [0.717, 1.165) is 16.5 Å². The number of rotatable bonds is 3. The predicted octanol–water partition coefficient (Wildman–Crippen LogP) is 2.64. The number of ketones is 1. The molecule has 0 saturated heterocycles. The van der Waals surface area contributed by atoms with Crippen LogP contribution in [-0.4, -0.2) is 15.8 Å². The van der Waals surface area contributed by atoms with E-state index in [-0.39, 0.29) is 5.78 Å². The zero-order chi connectivity index (χ0) is 13.9. The van der Waals surface area contributed by atoms with E-state index < -0.39 is 0 Å². The molecule has 0 saturated carbocycles. The maximum absolute atomic E-state index is 12.3. The number of carbonyl (C=O) groups is 1. The van der Waals surface area contributed by atoms with Crippen LogP contribution in [0, 0.1) is 0 Å². The minimum Gasteiger partial charge on any atom is -0.384 e. The number of fused-ring (bicyclic) bond motifs is 1.